The lowest BCUT2D eigenvalue weighted by Crippen LogP contribution is -2.42. The number of hydrogen-bond acceptors (Lipinski definition) is 7. The van der Waals surface area contributed by atoms with E-state index < -0.39 is 43.3 Å². The quantitative estimate of drug-likeness (QED) is 0.545. The summed E-state index contributed by atoms with van der Waals surface area (Å²) < 4.78 is 82.1. The molecule has 33 heavy (non-hydrogen) atoms. The highest BCUT2D eigenvalue weighted by Gasteiger charge is 2.46. The zero-order chi connectivity index (χ0) is 24.4. The van der Waals surface area contributed by atoms with Gasteiger partial charge < -0.3 is 14.2 Å². The second-order valence-corrected chi connectivity index (χ2v) is 10.3. The number of rotatable bonds is 7. The summed E-state index contributed by atoms with van der Waals surface area (Å²) in [5, 5.41) is 4.16. The monoisotopic (exact) mass is 490 g/mol. The van der Waals surface area contributed by atoms with Gasteiger partial charge in [0.25, 0.3) is 0 Å². The van der Waals surface area contributed by atoms with Crippen LogP contribution >= 0.6 is 0 Å². The number of alkyl halides is 3. The number of esters is 1. The third kappa shape index (κ3) is 5.07. The van der Waals surface area contributed by atoms with Gasteiger partial charge in [-0.1, -0.05) is 6.07 Å². The third-order valence-corrected chi connectivity index (χ3v) is 8.11. The normalized spacial score (nSPS) is 21.7. The van der Waals surface area contributed by atoms with Gasteiger partial charge in [0.05, 0.1) is 27.5 Å². The first-order valence-corrected chi connectivity index (χ1v) is 11.7. The lowest BCUT2D eigenvalue weighted by Gasteiger charge is -2.37. The van der Waals surface area contributed by atoms with E-state index in [0.717, 1.165) is 18.2 Å². The molecule has 2 atom stereocenters. The molecule has 1 fully saturated rings. The molecule has 8 nitrogen and oxygen atoms in total. The topological polar surface area (TPSA) is 96.7 Å². The Morgan fingerprint density at radius 1 is 1.33 bits per heavy atom. The first kappa shape index (κ1) is 25.2. The van der Waals surface area contributed by atoms with Gasteiger partial charge in [-0.15, -0.1) is 0 Å². The van der Waals surface area contributed by atoms with E-state index in [4.69, 9.17) is 14.2 Å². The summed E-state index contributed by atoms with van der Waals surface area (Å²) in [6.45, 7) is 3.32. The predicted octanol–water partition coefficient (Wildman–Crippen LogP) is 3.77. The molecule has 2 unspecified atom stereocenters. The minimum Gasteiger partial charge on any atom is -0.461 e. The second kappa shape index (κ2) is 9.43. The highest BCUT2D eigenvalue weighted by Crippen LogP contribution is 2.43. The number of sulfone groups is 1. The number of halogens is 3. The molecule has 1 aliphatic heterocycles. The molecule has 0 bridgehead atoms. The molecule has 182 valence electrons. The van der Waals surface area contributed by atoms with Crippen molar-refractivity contribution < 1.29 is 40.6 Å². The first-order chi connectivity index (χ1) is 15.4. The predicted molar refractivity (Wildman–Crippen MR) is 110 cm³/mol. The van der Waals surface area contributed by atoms with E-state index in [9.17, 15) is 26.4 Å². The molecule has 2 heterocycles. The van der Waals surface area contributed by atoms with E-state index in [0.29, 0.717) is 11.8 Å². The average Bonchev–Trinajstić information content (AvgIpc) is 3.18. The van der Waals surface area contributed by atoms with Crippen LogP contribution in [0.15, 0.2) is 35.2 Å². The molecule has 12 heteroatoms. The number of ether oxygens (including phenoxy) is 3. The van der Waals surface area contributed by atoms with Crippen LogP contribution in [0.1, 0.15) is 54.5 Å². The molecule has 1 aromatic carbocycles. The Morgan fingerprint density at radius 2 is 2.06 bits per heavy atom. The highest BCUT2D eigenvalue weighted by atomic mass is 32.2. The minimum absolute atomic E-state index is 0.0144. The van der Waals surface area contributed by atoms with Gasteiger partial charge >= 0.3 is 12.1 Å². The Balaban J connectivity index is 1.96. The van der Waals surface area contributed by atoms with Gasteiger partial charge in [0.1, 0.15) is 12.8 Å². The number of carbonyl (C=O) groups is 1. The molecule has 1 aromatic heterocycles. The van der Waals surface area contributed by atoms with Crippen LogP contribution < -0.4 is 0 Å². The summed E-state index contributed by atoms with van der Waals surface area (Å²) in [5.74, 6) is -0.649. The summed E-state index contributed by atoms with van der Waals surface area (Å²) in [5.41, 5.74) is -0.612. The molecule has 3 rings (SSSR count). The fourth-order valence-electron chi connectivity index (χ4n) is 3.75. The Kier molecular flexibility index (Phi) is 7.20. The average molecular weight is 491 g/mol. The molecule has 0 radical (unpaired) electrons. The molecule has 2 aromatic rings. The smallest absolute Gasteiger partial charge is 0.416 e. The molecular weight excluding hydrogens is 465 g/mol. The van der Waals surface area contributed by atoms with Crippen molar-refractivity contribution in [3.8, 4) is 0 Å². The summed E-state index contributed by atoms with van der Waals surface area (Å²) >= 11 is 0. The molecule has 0 saturated carbocycles. The van der Waals surface area contributed by atoms with Gasteiger partial charge in [-0.2, -0.15) is 18.3 Å². The Labute approximate surface area is 189 Å². The van der Waals surface area contributed by atoms with E-state index in [-0.39, 0.29) is 38.5 Å². The fourth-order valence-corrected chi connectivity index (χ4v) is 5.58. The zero-order valence-corrected chi connectivity index (χ0v) is 19.2. The minimum atomic E-state index is -4.67. The molecule has 0 amide bonds. The van der Waals surface area contributed by atoms with Gasteiger partial charge in [-0.25, -0.2) is 17.9 Å². The lowest BCUT2D eigenvalue weighted by atomic mass is 9.94. The number of carbonyl (C=O) groups excluding carboxylic acids is 1. The van der Waals surface area contributed by atoms with Crippen molar-refractivity contribution in [2.24, 2.45) is 0 Å². The summed E-state index contributed by atoms with van der Waals surface area (Å²) in [4.78, 5) is 11.7. The summed E-state index contributed by atoms with van der Waals surface area (Å²) in [6, 6.07) is 5.17. The van der Waals surface area contributed by atoms with Crippen molar-refractivity contribution in [1.29, 1.82) is 0 Å². The van der Waals surface area contributed by atoms with Crippen LogP contribution in [0, 0.1) is 0 Å². The lowest BCUT2D eigenvalue weighted by molar-refractivity contribution is -0.137. The van der Waals surface area contributed by atoms with Crippen LogP contribution in [0.25, 0.3) is 0 Å². The van der Waals surface area contributed by atoms with Crippen LogP contribution in [0.5, 0.6) is 0 Å². The van der Waals surface area contributed by atoms with Crippen molar-refractivity contribution in [2.45, 2.75) is 55.3 Å². The van der Waals surface area contributed by atoms with E-state index >= 15 is 0 Å². The van der Waals surface area contributed by atoms with E-state index in [1.54, 1.807) is 6.92 Å². The standard InChI is InChI=1S/C21H25F3N2O6S/c1-4-31-19(27)16-11-17(26(25-16)13-30-3)18-12-20(2,8-9-32-18)33(28,29)15-7-5-6-14(10-15)21(22,23)24/h5-7,10-11,18H,4,8-9,12-13H2,1-3H3. The SMILES string of the molecule is CCOC(=O)c1cc(C2CC(C)(S(=O)(=O)c3cccc(C(F)(F)F)c3)CCO2)n(COC)n1. The number of nitrogens with zero attached hydrogens (tertiary/aromatic N) is 2. The van der Waals surface area contributed by atoms with Crippen molar-refractivity contribution in [2.75, 3.05) is 20.3 Å². The second-order valence-electron chi connectivity index (χ2n) is 7.88. The Bertz CT molecular complexity index is 1120. The molecular formula is C21H25F3N2O6S. The Morgan fingerprint density at radius 3 is 2.70 bits per heavy atom. The van der Waals surface area contributed by atoms with Crippen LogP contribution in [-0.4, -0.2) is 49.2 Å². The summed E-state index contributed by atoms with van der Waals surface area (Å²) in [6.07, 6.45) is -5.41. The van der Waals surface area contributed by atoms with Gasteiger partial charge in [0, 0.05) is 13.7 Å². The van der Waals surface area contributed by atoms with E-state index in [2.05, 4.69) is 5.10 Å². The van der Waals surface area contributed by atoms with Crippen LogP contribution in [0.4, 0.5) is 13.2 Å². The number of methoxy groups -OCH3 is 1. The van der Waals surface area contributed by atoms with Crippen molar-refractivity contribution in [3.63, 3.8) is 0 Å². The maximum absolute atomic E-state index is 13.4. The highest BCUT2D eigenvalue weighted by molar-refractivity contribution is 7.92. The number of hydrogen-bond donors (Lipinski definition) is 0. The van der Waals surface area contributed by atoms with Gasteiger partial charge in [0.2, 0.25) is 0 Å². The van der Waals surface area contributed by atoms with Crippen molar-refractivity contribution in [3.05, 3.63) is 47.3 Å². The molecule has 0 spiro atoms. The fraction of sp³-hybridized carbons (Fsp3) is 0.524. The van der Waals surface area contributed by atoms with Gasteiger partial charge in [-0.05, 0) is 51.0 Å². The maximum atomic E-state index is 13.4. The van der Waals surface area contributed by atoms with Crippen LogP contribution in [0.3, 0.4) is 0 Å². The third-order valence-electron chi connectivity index (χ3n) is 5.56. The van der Waals surface area contributed by atoms with Crippen LogP contribution in [0.2, 0.25) is 0 Å². The van der Waals surface area contributed by atoms with Gasteiger partial charge in [-0.3, -0.25) is 0 Å². The first-order valence-electron chi connectivity index (χ1n) is 10.2. The van der Waals surface area contributed by atoms with E-state index in [1.165, 1.54) is 24.8 Å². The maximum Gasteiger partial charge on any atom is 0.416 e. The number of aromatic nitrogens is 2. The molecule has 1 aliphatic rings. The summed E-state index contributed by atoms with van der Waals surface area (Å²) in [7, 11) is -2.73. The van der Waals surface area contributed by atoms with Gasteiger partial charge in [0.15, 0.2) is 15.5 Å². The number of benzene rings is 1. The molecule has 1 saturated heterocycles. The molecule has 0 aliphatic carbocycles. The van der Waals surface area contributed by atoms with Crippen molar-refractivity contribution >= 4 is 15.8 Å². The van der Waals surface area contributed by atoms with Crippen LogP contribution in [-0.2, 0) is 37.0 Å². The largest absolute Gasteiger partial charge is 0.461 e. The van der Waals surface area contributed by atoms with E-state index in [1.807, 2.05) is 0 Å². The Hall–Kier alpha value is -2.44. The zero-order valence-electron chi connectivity index (χ0n) is 18.4. The molecule has 0 N–H and O–H groups in total. The van der Waals surface area contributed by atoms with Crippen molar-refractivity contribution in [1.82, 2.24) is 9.78 Å².